The highest BCUT2D eigenvalue weighted by Crippen LogP contribution is 2.23. The summed E-state index contributed by atoms with van der Waals surface area (Å²) in [7, 11) is -4.22. The molecular weight excluding hydrogens is 300 g/mol. The average Bonchev–Trinajstić information content (AvgIpc) is 2.46. The largest absolute Gasteiger partial charge is 0.399 e. The molecule has 0 saturated carbocycles. The molecule has 0 aliphatic carbocycles. The van der Waals surface area contributed by atoms with Crippen molar-refractivity contribution in [3.8, 4) is 0 Å². The molecule has 2 rings (SSSR count). The van der Waals surface area contributed by atoms with E-state index in [1.54, 1.807) is 12.1 Å². The average molecular weight is 318 g/mol. The van der Waals surface area contributed by atoms with Crippen molar-refractivity contribution in [1.82, 2.24) is 0 Å². The molecule has 0 saturated heterocycles. The van der Waals surface area contributed by atoms with Crippen LogP contribution in [0, 0.1) is 0 Å². The molecule has 2 aromatic rings. The Kier molecular flexibility index (Phi) is 4.63. The van der Waals surface area contributed by atoms with Gasteiger partial charge in [-0.25, -0.2) is 0 Å². The molecule has 22 heavy (non-hydrogen) atoms. The summed E-state index contributed by atoms with van der Waals surface area (Å²) in [5.41, 5.74) is 8.76. The van der Waals surface area contributed by atoms with E-state index in [2.05, 4.69) is 4.99 Å². The van der Waals surface area contributed by atoms with Crippen LogP contribution in [0.25, 0.3) is 0 Å². The van der Waals surface area contributed by atoms with Crippen LogP contribution in [-0.2, 0) is 10.1 Å². The lowest BCUT2D eigenvalue weighted by molar-refractivity contribution is 0.483. The van der Waals surface area contributed by atoms with Gasteiger partial charge in [0.05, 0.1) is 10.6 Å². The second-order valence-corrected chi connectivity index (χ2v) is 6.54. The molecule has 0 amide bonds. The van der Waals surface area contributed by atoms with Gasteiger partial charge in [0.1, 0.15) is 0 Å². The molecule has 0 bridgehead atoms. The number of benzene rings is 2. The van der Waals surface area contributed by atoms with Crippen molar-refractivity contribution in [1.29, 1.82) is 0 Å². The van der Waals surface area contributed by atoms with Gasteiger partial charge >= 0.3 is 0 Å². The molecule has 0 aliphatic rings. The first-order valence-electron chi connectivity index (χ1n) is 6.75. The molecule has 0 fully saturated rings. The molecule has 2 aromatic carbocycles. The van der Waals surface area contributed by atoms with Crippen molar-refractivity contribution >= 4 is 27.2 Å². The number of anilines is 1. The Labute approximate surface area is 130 Å². The quantitative estimate of drug-likeness (QED) is 0.513. The summed E-state index contributed by atoms with van der Waals surface area (Å²) >= 11 is 0. The number of hydrogen-bond donors (Lipinski definition) is 2. The van der Waals surface area contributed by atoms with Crippen LogP contribution in [0.1, 0.15) is 25.3 Å². The molecule has 3 N–H and O–H groups in total. The fourth-order valence-electron chi connectivity index (χ4n) is 2.04. The molecule has 1 unspecified atom stereocenters. The highest BCUT2D eigenvalue weighted by molar-refractivity contribution is 7.85. The van der Waals surface area contributed by atoms with Gasteiger partial charge in [-0.15, -0.1) is 0 Å². The monoisotopic (exact) mass is 318 g/mol. The third kappa shape index (κ3) is 3.93. The maximum absolute atomic E-state index is 11.2. The lowest BCUT2D eigenvalue weighted by Gasteiger charge is -2.12. The lowest BCUT2D eigenvalue weighted by Crippen LogP contribution is -2.05. The number of nitrogens with two attached hydrogens (primary N) is 1. The first-order valence-corrected chi connectivity index (χ1v) is 8.19. The van der Waals surface area contributed by atoms with Gasteiger partial charge in [-0.3, -0.25) is 9.55 Å². The summed E-state index contributed by atoms with van der Waals surface area (Å²) in [6.07, 6.45) is 0. The smallest absolute Gasteiger partial charge is 0.294 e. The molecule has 6 heteroatoms. The Morgan fingerprint density at radius 2 is 1.82 bits per heavy atom. The van der Waals surface area contributed by atoms with Crippen LogP contribution in [-0.4, -0.2) is 18.7 Å². The number of nitrogen functional groups attached to an aromatic ring is 1. The standard InChI is InChI=1S/C16H18N2O3S/c1-11(13-6-8-14(17)9-7-13)12(2)18-15-4-3-5-16(10-15)22(19,20)21/h3-11H,17H2,1-2H3,(H,19,20,21). The lowest BCUT2D eigenvalue weighted by atomic mass is 9.96. The first-order chi connectivity index (χ1) is 10.3. The normalized spacial score (nSPS) is 13.9. The van der Waals surface area contributed by atoms with E-state index in [9.17, 15) is 8.42 Å². The zero-order valence-electron chi connectivity index (χ0n) is 12.4. The fourth-order valence-corrected chi connectivity index (χ4v) is 2.56. The van der Waals surface area contributed by atoms with Gasteiger partial charge in [0.25, 0.3) is 10.1 Å². The van der Waals surface area contributed by atoms with Gasteiger partial charge in [-0.2, -0.15) is 8.42 Å². The third-order valence-electron chi connectivity index (χ3n) is 3.48. The van der Waals surface area contributed by atoms with Gasteiger partial charge in [0.2, 0.25) is 0 Å². The van der Waals surface area contributed by atoms with Crippen LogP contribution in [0.3, 0.4) is 0 Å². The molecule has 0 heterocycles. The van der Waals surface area contributed by atoms with Crippen LogP contribution in [0.2, 0.25) is 0 Å². The van der Waals surface area contributed by atoms with E-state index in [1.807, 2.05) is 38.1 Å². The minimum atomic E-state index is -4.22. The van der Waals surface area contributed by atoms with Crippen LogP contribution < -0.4 is 5.73 Å². The summed E-state index contributed by atoms with van der Waals surface area (Å²) in [6.45, 7) is 3.89. The molecular formula is C16H18N2O3S. The minimum absolute atomic E-state index is 0.0648. The molecule has 0 radical (unpaired) electrons. The summed E-state index contributed by atoms with van der Waals surface area (Å²) in [5.74, 6) is 0.0648. The SMILES string of the molecule is CC(=Nc1cccc(S(=O)(=O)O)c1)C(C)c1ccc(N)cc1. The molecule has 0 aliphatic heterocycles. The van der Waals surface area contributed by atoms with Crippen molar-refractivity contribution in [2.75, 3.05) is 5.73 Å². The summed E-state index contributed by atoms with van der Waals surface area (Å²) in [6, 6.07) is 13.4. The van der Waals surface area contributed by atoms with Gasteiger partial charge in [0.15, 0.2) is 0 Å². The first kappa shape index (κ1) is 16.2. The van der Waals surface area contributed by atoms with Crippen LogP contribution in [0.15, 0.2) is 58.4 Å². The molecule has 116 valence electrons. The van der Waals surface area contributed by atoms with Crippen LogP contribution in [0.5, 0.6) is 0 Å². The maximum Gasteiger partial charge on any atom is 0.294 e. The van der Waals surface area contributed by atoms with E-state index in [-0.39, 0.29) is 10.8 Å². The number of nitrogens with zero attached hydrogens (tertiary/aromatic N) is 1. The zero-order valence-corrected chi connectivity index (χ0v) is 13.2. The van der Waals surface area contributed by atoms with E-state index < -0.39 is 10.1 Å². The Balaban J connectivity index is 2.30. The van der Waals surface area contributed by atoms with Crippen LogP contribution in [0.4, 0.5) is 11.4 Å². The van der Waals surface area contributed by atoms with Crippen molar-refractivity contribution < 1.29 is 13.0 Å². The summed E-state index contributed by atoms with van der Waals surface area (Å²) in [4.78, 5) is 4.28. The molecule has 1 atom stereocenters. The second kappa shape index (κ2) is 6.29. The number of rotatable bonds is 4. The Morgan fingerprint density at radius 1 is 1.18 bits per heavy atom. The highest BCUT2D eigenvalue weighted by Gasteiger charge is 2.11. The molecule has 0 spiro atoms. The van der Waals surface area contributed by atoms with Crippen molar-refractivity contribution in [2.45, 2.75) is 24.7 Å². The Morgan fingerprint density at radius 3 is 2.41 bits per heavy atom. The summed E-state index contributed by atoms with van der Waals surface area (Å²) < 4.78 is 31.4. The third-order valence-corrected chi connectivity index (χ3v) is 4.33. The predicted octanol–water partition coefficient (Wildman–Crippen LogP) is 3.41. The van der Waals surface area contributed by atoms with E-state index >= 15 is 0 Å². The Hall–Kier alpha value is -2.18. The number of aliphatic imine (C=N–C) groups is 1. The second-order valence-electron chi connectivity index (χ2n) is 5.11. The molecule has 0 aromatic heterocycles. The van der Waals surface area contributed by atoms with Gasteiger partial charge in [0, 0.05) is 17.3 Å². The van der Waals surface area contributed by atoms with Gasteiger partial charge < -0.3 is 5.73 Å². The summed E-state index contributed by atoms with van der Waals surface area (Å²) in [5, 5.41) is 0. The van der Waals surface area contributed by atoms with Crippen molar-refractivity contribution in [2.24, 2.45) is 4.99 Å². The van der Waals surface area contributed by atoms with Crippen molar-refractivity contribution in [3.05, 3.63) is 54.1 Å². The molecule has 5 nitrogen and oxygen atoms in total. The van der Waals surface area contributed by atoms with Gasteiger partial charge in [-0.05, 0) is 42.8 Å². The highest BCUT2D eigenvalue weighted by atomic mass is 32.2. The predicted molar refractivity (Wildman–Crippen MR) is 88.3 cm³/mol. The zero-order chi connectivity index (χ0) is 16.3. The minimum Gasteiger partial charge on any atom is -0.399 e. The Bertz CT molecular complexity index is 796. The van der Waals surface area contributed by atoms with E-state index in [1.165, 1.54) is 12.1 Å². The maximum atomic E-state index is 11.2. The number of hydrogen-bond acceptors (Lipinski definition) is 4. The van der Waals surface area contributed by atoms with E-state index in [0.29, 0.717) is 11.4 Å². The fraction of sp³-hybridized carbons (Fsp3) is 0.188. The van der Waals surface area contributed by atoms with Gasteiger partial charge in [-0.1, -0.05) is 25.1 Å². The van der Waals surface area contributed by atoms with E-state index in [0.717, 1.165) is 11.3 Å². The van der Waals surface area contributed by atoms with Crippen molar-refractivity contribution in [3.63, 3.8) is 0 Å². The topological polar surface area (TPSA) is 92.8 Å². The van der Waals surface area contributed by atoms with Crippen LogP contribution >= 0.6 is 0 Å². The van der Waals surface area contributed by atoms with E-state index in [4.69, 9.17) is 10.3 Å².